The predicted molar refractivity (Wildman–Crippen MR) is 46.3 cm³/mol. The Hall–Kier alpha value is -0.260. The van der Waals surface area contributed by atoms with Crippen molar-refractivity contribution in [3.8, 4) is 0 Å². The van der Waals surface area contributed by atoms with Gasteiger partial charge < -0.3 is 0 Å². The quantitative estimate of drug-likeness (QED) is 0.501. The van der Waals surface area contributed by atoms with Crippen LogP contribution in [0.3, 0.4) is 0 Å². The molecule has 0 N–H and O–H groups in total. The molecule has 0 heteroatoms. The van der Waals surface area contributed by atoms with Gasteiger partial charge in [-0.2, -0.15) is 0 Å². The molecule has 0 spiro atoms. The predicted octanol–water partition coefficient (Wildman–Crippen LogP) is 3.14. The molecule has 0 radical (unpaired) electrons. The van der Waals surface area contributed by atoms with Gasteiger partial charge in [0.25, 0.3) is 0 Å². The van der Waals surface area contributed by atoms with Crippen molar-refractivity contribution in [3.63, 3.8) is 0 Å². The Labute approximate surface area is 68.7 Å². The van der Waals surface area contributed by atoms with Gasteiger partial charge in [-0.15, -0.1) is 0 Å². The smallest absolute Gasteiger partial charge is 0.0203 e. The van der Waals surface area contributed by atoms with Gasteiger partial charge in [0.1, 0.15) is 0 Å². The Kier molecular flexibility index (Phi) is 0.821. The first-order valence-corrected chi connectivity index (χ1v) is 4.83. The molecular weight excluding hydrogens is 132 g/mol. The number of hydrogen-bond donors (Lipinski definition) is 0. The van der Waals surface area contributed by atoms with Crippen LogP contribution < -0.4 is 0 Å². The first-order valence-electron chi connectivity index (χ1n) is 4.83. The van der Waals surface area contributed by atoms with E-state index >= 15 is 0 Å². The Balaban J connectivity index is 1.79. The van der Waals surface area contributed by atoms with Gasteiger partial charge in [0, 0.05) is 0 Å². The van der Waals surface area contributed by atoms with E-state index in [9.17, 15) is 0 Å². The van der Waals surface area contributed by atoms with Crippen LogP contribution in [0.15, 0.2) is 12.2 Å². The van der Waals surface area contributed by atoms with Crippen LogP contribution in [0.2, 0.25) is 0 Å². The van der Waals surface area contributed by atoms with E-state index < -0.39 is 0 Å². The standard InChI is InChI=1S/C11H16/c1-8(2)9-3-4-10-6-11(10,5-9)7-10/h9H,1,3-7H2,2H3. The minimum absolute atomic E-state index is 0.883. The van der Waals surface area contributed by atoms with E-state index in [1.54, 1.807) is 12.8 Å². The minimum Gasteiger partial charge on any atom is -0.0999 e. The van der Waals surface area contributed by atoms with Crippen LogP contribution in [0.5, 0.6) is 0 Å². The Morgan fingerprint density at radius 3 is 2.64 bits per heavy atom. The Morgan fingerprint density at radius 2 is 2.09 bits per heavy atom. The lowest BCUT2D eigenvalue weighted by molar-refractivity contribution is 0.385. The van der Waals surface area contributed by atoms with Crippen molar-refractivity contribution in [3.05, 3.63) is 12.2 Å². The molecule has 0 heterocycles. The van der Waals surface area contributed by atoms with Crippen LogP contribution >= 0.6 is 0 Å². The van der Waals surface area contributed by atoms with Crippen LogP contribution in [0.25, 0.3) is 0 Å². The van der Waals surface area contributed by atoms with Gasteiger partial charge >= 0.3 is 0 Å². The molecule has 1 unspecified atom stereocenters. The second-order valence-electron chi connectivity index (χ2n) is 5.20. The molecule has 0 saturated heterocycles. The van der Waals surface area contributed by atoms with E-state index in [0.29, 0.717) is 0 Å². The highest BCUT2D eigenvalue weighted by Crippen LogP contribution is 2.92. The summed E-state index contributed by atoms with van der Waals surface area (Å²) in [6.07, 6.45) is 7.59. The molecule has 0 amide bonds. The zero-order valence-electron chi connectivity index (χ0n) is 7.32. The van der Waals surface area contributed by atoms with Crippen molar-refractivity contribution in [2.45, 2.75) is 39.0 Å². The highest BCUT2D eigenvalue weighted by molar-refractivity contribution is 5.33. The maximum atomic E-state index is 4.08. The summed E-state index contributed by atoms with van der Waals surface area (Å²) < 4.78 is 0. The van der Waals surface area contributed by atoms with Crippen LogP contribution in [0, 0.1) is 16.7 Å². The van der Waals surface area contributed by atoms with E-state index in [2.05, 4.69) is 13.5 Å². The fraction of sp³-hybridized carbons (Fsp3) is 0.818. The van der Waals surface area contributed by atoms with Gasteiger partial charge in [-0.05, 0) is 55.8 Å². The maximum Gasteiger partial charge on any atom is -0.0203 e. The lowest BCUT2D eigenvalue weighted by atomic mass is 9.85. The molecule has 0 aliphatic heterocycles. The molecule has 0 aromatic carbocycles. The summed E-state index contributed by atoms with van der Waals surface area (Å²) in [4.78, 5) is 0. The van der Waals surface area contributed by atoms with Crippen molar-refractivity contribution in [2.75, 3.05) is 0 Å². The summed E-state index contributed by atoms with van der Waals surface area (Å²) in [5.74, 6) is 0.883. The SMILES string of the molecule is C=C(C)C1CCC23CC2(C1)C3. The van der Waals surface area contributed by atoms with Crippen molar-refractivity contribution >= 4 is 0 Å². The summed E-state index contributed by atoms with van der Waals surface area (Å²) in [5.41, 5.74) is 3.24. The molecule has 1 atom stereocenters. The third-order valence-corrected chi connectivity index (χ3v) is 4.53. The van der Waals surface area contributed by atoms with Crippen LogP contribution in [0.1, 0.15) is 39.0 Å². The van der Waals surface area contributed by atoms with Gasteiger partial charge in [0.2, 0.25) is 0 Å². The number of allylic oxidation sites excluding steroid dienone is 1. The van der Waals surface area contributed by atoms with Crippen molar-refractivity contribution in [1.82, 2.24) is 0 Å². The molecule has 3 fully saturated rings. The van der Waals surface area contributed by atoms with E-state index in [1.807, 2.05) is 0 Å². The monoisotopic (exact) mass is 148 g/mol. The maximum absolute atomic E-state index is 4.08. The highest BCUT2D eigenvalue weighted by atomic mass is 14.9. The molecule has 60 valence electrons. The van der Waals surface area contributed by atoms with Crippen molar-refractivity contribution < 1.29 is 0 Å². The van der Waals surface area contributed by atoms with E-state index in [-0.39, 0.29) is 0 Å². The molecule has 0 nitrogen and oxygen atoms in total. The molecule has 0 aromatic heterocycles. The third kappa shape index (κ3) is 0.579. The Bertz CT molecular complexity index is 230. The second-order valence-corrected chi connectivity index (χ2v) is 5.20. The normalized spacial score (nSPS) is 57.7. The summed E-state index contributed by atoms with van der Waals surface area (Å²) in [6.45, 7) is 6.29. The molecule has 3 aliphatic rings. The zero-order valence-corrected chi connectivity index (χ0v) is 7.32. The first-order chi connectivity index (χ1) is 5.18. The fourth-order valence-electron chi connectivity index (χ4n) is 3.40. The second kappa shape index (κ2) is 1.44. The summed E-state index contributed by atoms with van der Waals surface area (Å²) in [7, 11) is 0. The van der Waals surface area contributed by atoms with Gasteiger partial charge in [0.15, 0.2) is 0 Å². The summed E-state index contributed by atoms with van der Waals surface area (Å²) >= 11 is 0. The van der Waals surface area contributed by atoms with E-state index in [4.69, 9.17) is 0 Å². The van der Waals surface area contributed by atoms with Crippen LogP contribution in [-0.2, 0) is 0 Å². The van der Waals surface area contributed by atoms with Crippen molar-refractivity contribution in [1.29, 1.82) is 0 Å². The van der Waals surface area contributed by atoms with Crippen LogP contribution in [-0.4, -0.2) is 0 Å². The van der Waals surface area contributed by atoms with E-state index in [1.165, 1.54) is 24.8 Å². The molecule has 0 bridgehead atoms. The average Bonchev–Trinajstić information content (AvgIpc) is 2.68. The lowest BCUT2D eigenvalue weighted by Crippen LogP contribution is -2.08. The first kappa shape index (κ1) is 6.28. The summed E-state index contributed by atoms with van der Waals surface area (Å²) in [6, 6.07) is 0. The molecular formula is C11H16. The van der Waals surface area contributed by atoms with Gasteiger partial charge in [0.05, 0.1) is 0 Å². The summed E-state index contributed by atoms with van der Waals surface area (Å²) in [5, 5.41) is 0. The Morgan fingerprint density at radius 1 is 1.36 bits per heavy atom. The zero-order chi connectivity index (χ0) is 7.69. The molecule has 3 rings (SSSR count). The van der Waals surface area contributed by atoms with Gasteiger partial charge in [-0.25, -0.2) is 0 Å². The van der Waals surface area contributed by atoms with Crippen LogP contribution in [0.4, 0.5) is 0 Å². The fourth-order valence-corrected chi connectivity index (χ4v) is 3.40. The topological polar surface area (TPSA) is 0 Å². The molecule has 0 aromatic rings. The third-order valence-electron chi connectivity index (χ3n) is 4.53. The van der Waals surface area contributed by atoms with Crippen molar-refractivity contribution in [2.24, 2.45) is 16.7 Å². The number of hydrogen-bond acceptors (Lipinski definition) is 0. The number of rotatable bonds is 1. The molecule has 3 saturated carbocycles. The molecule has 11 heavy (non-hydrogen) atoms. The average molecular weight is 148 g/mol. The van der Waals surface area contributed by atoms with E-state index in [0.717, 1.165) is 16.7 Å². The largest absolute Gasteiger partial charge is 0.0999 e. The minimum atomic E-state index is 0.883. The van der Waals surface area contributed by atoms with Gasteiger partial charge in [-0.3, -0.25) is 0 Å². The highest BCUT2D eigenvalue weighted by Gasteiger charge is 2.82. The lowest BCUT2D eigenvalue weighted by Gasteiger charge is -2.20. The van der Waals surface area contributed by atoms with Gasteiger partial charge in [-0.1, -0.05) is 12.2 Å². The molecule has 3 aliphatic carbocycles.